The molecule has 1 aliphatic carbocycles. The molecule has 104 valence electrons. The lowest BCUT2D eigenvalue weighted by atomic mass is 9.66. The van der Waals surface area contributed by atoms with E-state index in [9.17, 15) is 24.6 Å². The number of aliphatic carboxylic acids is 2. The second kappa shape index (κ2) is 4.56. The topological polar surface area (TPSA) is 104 Å². The molecule has 3 rings (SSSR count). The zero-order valence-corrected chi connectivity index (χ0v) is 10.5. The summed E-state index contributed by atoms with van der Waals surface area (Å²) in [4.78, 5) is 35.7. The fourth-order valence-electron chi connectivity index (χ4n) is 3.13. The summed E-state index contributed by atoms with van der Waals surface area (Å²) in [6.07, 6.45) is 2.63. The standard InChI is InChI=1S/C12H15NO6/c1-5-6-3-4-7(13(5)12(18)19-2)9(11(16)17)8(6)10(14)15/h3-9H,1-2H3,(H,14,15)(H,16,17)/t5-,6-,7+,8+,9+/m1/s1. The van der Waals surface area contributed by atoms with Crippen LogP contribution in [0.25, 0.3) is 0 Å². The Balaban J connectivity index is 2.45. The SMILES string of the molecule is COC(=O)N1[C@H](C)[C@H]2C=C[C@H]1[C@H](C(=O)O)[C@H]2C(=O)O. The van der Waals surface area contributed by atoms with Crippen molar-refractivity contribution in [3.8, 4) is 0 Å². The van der Waals surface area contributed by atoms with Gasteiger partial charge in [0, 0.05) is 12.0 Å². The van der Waals surface area contributed by atoms with Gasteiger partial charge >= 0.3 is 18.0 Å². The van der Waals surface area contributed by atoms with Crippen molar-refractivity contribution in [1.29, 1.82) is 0 Å². The average molecular weight is 269 g/mol. The number of carboxylic acids is 2. The quantitative estimate of drug-likeness (QED) is 0.704. The number of rotatable bonds is 2. The third-order valence-electron chi connectivity index (χ3n) is 3.97. The summed E-state index contributed by atoms with van der Waals surface area (Å²) >= 11 is 0. The normalized spacial score (nSPS) is 36.1. The van der Waals surface area contributed by atoms with Gasteiger partial charge in [-0.2, -0.15) is 0 Å². The van der Waals surface area contributed by atoms with E-state index in [1.165, 1.54) is 12.0 Å². The first-order valence-electron chi connectivity index (χ1n) is 5.90. The van der Waals surface area contributed by atoms with Gasteiger partial charge in [-0.25, -0.2) is 4.79 Å². The first kappa shape index (κ1) is 13.4. The zero-order chi connectivity index (χ0) is 14.3. The van der Waals surface area contributed by atoms with Crippen LogP contribution in [0.2, 0.25) is 0 Å². The van der Waals surface area contributed by atoms with Crippen molar-refractivity contribution in [3.05, 3.63) is 12.2 Å². The second-order valence-electron chi connectivity index (χ2n) is 4.80. The number of nitrogens with zero attached hydrogens (tertiary/aromatic N) is 1. The maximum absolute atomic E-state index is 11.7. The molecule has 1 amide bonds. The van der Waals surface area contributed by atoms with Gasteiger partial charge in [0.2, 0.25) is 0 Å². The summed E-state index contributed by atoms with van der Waals surface area (Å²) in [6.45, 7) is 1.70. The molecule has 0 aromatic heterocycles. The zero-order valence-electron chi connectivity index (χ0n) is 10.5. The predicted octanol–water partition coefficient (Wildman–Crippen LogP) is 0.413. The Labute approximate surface area is 109 Å². The van der Waals surface area contributed by atoms with Gasteiger partial charge in [-0.15, -0.1) is 0 Å². The minimum atomic E-state index is -1.22. The van der Waals surface area contributed by atoms with E-state index in [1.54, 1.807) is 19.1 Å². The van der Waals surface area contributed by atoms with E-state index in [0.717, 1.165) is 0 Å². The van der Waals surface area contributed by atoms with Crippen molar-refractivity contribution in [3.63, 3.8) is 0 Å². The number of hydrogen-bond donors (Lipinski definition) is 2. The molecule has 2 N–H and O–H groups in total. The fraction of sp³-hybridized carbons (Fsp3) is 0.583. The molecule has 0 unspecified atom stereocenters. The second-order valence-corrected chi connectivity index (χ2v) is 4.80. The van der Waals surface area contributed by atoms with E-state index in [2.05, 4.69) is 4.74 Å². The van der Waals surface area contributed by atoms with Crippen molar-refractivity contribution in [1.82, 2.24) is 4.90 Å². The summed E-state index contributed by atoms with van der Waals surface area (Å²) in [7, 11) is 1.21. The van der Waals surface area contributed by atoms with Crippen LogP contribution in [0.4, 0.5) is 4.79 Å². The molecule has 7 heteroatoms. The highest BCUT2D eigenvalue weighted by molar-refractivity contribution is 5.84. The summed E-state index contributed by atoms with van der Waals surface area (Å²) in [6, 6.07) is -1.19. The van der Waals surface area contributed by atoms with Gasteiger partial charge in [-0.05, 0) is 6.92 Å². The molecular weight excluding hydrogens is 254 g/mol. The fourth-order valence-corrected chi connectivity index (χ4v) is 3.13. The van der Waals surface area contributed by atoms with Gasteiger partial charge in [-0.1, -0.05) is 12.2 Å². The minimum absolute atomic E-state index is 0.404. The third-order valence-corrected chi connectivity index (χ3v) is 3.97. The number of ether oxygens (including phenoxy) is 1. The van der Waals surface area contributed by atoms with Crippen molar-refractivity contribution < 1.29 is 29.3 Å². The molecule has 0 spiro atoms. The summed E-state index contributed by atoms with van der Waals surface area (Å²) < 4.78 is 4.65. The van der Waals surface area contributed by atoms with Crippen LogP contribution in [-0.4, -0.2) is 52.3 Å². The number of carboxylic acid groups (broad SMARTS) is 2. The van der Waals surface area contributed by atoms with E-state index >= 15 is 0 Å². The van der Waals surface area contributed by atoms with Crippen LogP contribution in [0.15, 0.2) is 12.2 Å². The number of carbonyl (C=O) groups excluding carboxylic acids is 1. The summed E-state index contributed by atoms with van der Waals surface area (Å²) in [5, 5.41) is 18.5. The van der Waals surface area contributed by atoms with Crippen molar-refractivity contribution in [2.45, 2.75) is 19.0 Å². The van der Waals surface area contributed by atoms with Gasteiger partial charge in [0.15, 0.2) is 0 Å². The van der Waals surface area contributed by atoms with Crippen LogP contribution in [0.5, 0.6) is 0 Å². The van der Waals surface area contributed by atoms with Crippen LogP contribution in [0.3, 0.4) is 0 Å². The van der Waals surface area contributed by atoms with Crippen LogP contribution < -0.4 is 0 Å². The van der Waals surface area contributed by atoms with Gasteiger partial charge in [0.05, 0.1) is 25.0 Å². The molecule has 19 heavy (non-hydrogen) atoms. The van der Waals surface area contributed by atoms with E-state index in [4.69, 9.17) is 0 Å². The molecule has 2 heterocycles. The van der Waals surface area contributed by atoms with Gasteiger partial charge in [0.25, 0.3) is 0 Å². The third kappa shape index (κ3) is 1.85. The Morgan fingerprint density at radius 2 is 1.68 bits per heavy atom. The van der Waals surface area contributed by atoms with E-state index in [-0.39, 0.29) is 0 Å². The first-order chi connectivity index (χ1) is 8.90. The molecule has 1 fully saturated rings. The molecule has 0 saturated carbocycles. The van der Waals surface area contributed by atoms with Crippen molar-refractivity contribution in [2.24, 2.45) is 17.8 Å². The molecule has 0 aromatic carbocycles. The van der Waals surface area contributed by atoms with E-state index in [1.807, 2.05) is 0 Å². The number of amides is 1. The number of carbonyl (C=O) groups is 3. The maximum Gasteiger partial charge on any atom is 0.410 e. The number of fused-ring (bicyclic) bond motifs is 2. The lowest BCUT2D eigenvalue weighted by Gasteiger charge is -2.51. The van der Waals surface area contributed by atoms with Gasteiger partial charge in [0.1, 0.15) is 0 Å². The summed E-state index contributed by atoms with van der Waals surface area (Å²) in [5.41, 5.74) is 0. The Hall–Kier alpha value is -2.05. The smallest absolute Gasteiger partial charge is 0.410 e. The molecular formula is C12H15NO6. The summed E-state index contributed by atoms with van der Waals surface area (Å²) in [5.74, 6) is -5.07. The van der Waals surface area contributed by atoms with Gasteiger partial charge in [-0.3, -0.25) is 14.5 Å². The molecule has 1 saturated heterocycles. The van der Waals surface area contributed by atoms with E-state index in [0.29, 0.717) is 0 Å². The highest BCUT2D eigenvalue weighted by Crippen LogP contribution is 2.43. The maximum atomic E-state index is 11.7. The van der Waals surface area contributed by atoms with Crippen molar-refractivity contribution in [2.75, 3.05) is 7.11 Å². The Morgan fingerprint density at radius 3 is 2.16 bits per heavy atom. The molecule has 0 aromatic rings. The van der Waals surface area contributed by atoms with E-state index < -0.39 is 47.9 Å². The highest BCUT2D eigenvalue weighted by Gasteiger charge is 2.56. The molecule has 0 radical (unpaired) electrons. The van der Waals surface area contributed by atoms with Crippen LogP contribution in [-0.2, 0) is 14.3 Å². The molecule has 3 aliphatic rings. The van der Waals surface area contributed by atoms with Crippen LogP contribution in [0, 0.1) is 17.8 Å². The van der Waals surface area contributed by atoms with Crippen LogP contribution in [0.1, 0.15) is 6.92 Å². The Kier molecular flexibility index (Phi) is 3.21. The molecule has 2 aliphatic heterocycles. The van der Waals surface area contributed by atoms with Gasteiger partial charge < -0.3 is 14.9 Å². The highest BCUT2D eigenvalue weighted by atomic mass is 16.5. The first-order valence-corrected chi connectivity index (χ1v) is 5.90. The lowest BCUT2D eigenvalue weighted by Crippen LogP contribution is -2.64. The Bertz CT molecular complexity index is 459. The minimum Gasteiger partial charge on any atom is -0.481 e. The lowest BCUT2D eigenvalue weighted by molar-refractivity contribution is -0.164. The van der Waals surface area contributed by atoms with Crippen LogP contribution >= 0.6 is 0 Å². The Morgan fingerprint density at radius 1 is 1.11 bits per heavy atom. The molecule has 2 bridgehead atoms. The monoisotopic (exact) mass is 269 g/mol. The number of piperidine rings is 1. The molecule has 7 nitrogen and oxygen atoms in total. The van der Waals surface area contributed by atoms with Crippen molar-refractivity contribution >= 4 is 18.0 Å². The largest absolute Gasteiger partial charge is 0.481 e. The average Bonchev–Trinajstić information content (AvgIpc) is 2.37. The number of hydrogen-bond acceptors (Lipinski definition) is 4. The number of methoxy groups -OCH3 is 1. The predicted molar refractivity (Wildman–Crippen MR) is 62.4 cm³/mol. The molecule has 5 atom stereocenters.